The Balaban J connectivity index is 1.66. The molecule has 0 bridgehead atoms. The predicted molar refractivity (Wildman–Crippen MR) is 168 cm³/mol. The van der Waals surface area contributed by atoms with Crippen molar-refractivity contribution in [2.75, 3.05) is 53.3 Å². The molecule has 0 unspecified atom stereocenters. The molecule has 0 saturated carbocycles. The van der Waals surface area contributed by atoms with E-state index in [1.165, 1.54) is 79.1 Å². The minimum absolute atomic E-state index is 0.00665. The minimum atomic E-state index is -0.628. The Hall–Kier alpha value is -6.18. The summed E-state index contributed by atoms with van der Waals surface area (Å²) in [7, 11) is 8.55. The van der Waals surface area contributed by atoms with Gasteiger partial charge >= 0.3 is 0 Å². The quantitative estimate of drug-likeness (QED) is 0.114. The monoisotopic (exact) mass is 631 g/mol. The van der Waals surface area contributed by atoms with Gasteiger partial charge < -0.3 is 44.3 Å². The third-order valence-electron chi connectivity index (χ3n) is 7.24. The lowest BCUT2D eigenvalue weighted by Gasteiger charge is -2.17. The Morgan fingerprint density at radius 2 is 1.04 bits per heavy atom. The topological polar surface area (TPSA) is 162 Å². The number of hydrogen-bond acceptors (Lipinski definition) is 10. The van der Waals surface area contributed by atoms with Gasteiger partial charge in [0, 0.05) is 28.2 Å². The Labute approximate surface area is 262 Å². The fourth-order valence-corrected chi connectivity index (χ4v) is 5.00. The van der Waals surface area contributed by atoms with Gasteiger partial charge in [0.15, 0.2) is 34.0 Å². The lowest BCUT2D eigenvalue weighted by molar-refractivity contribution is -0.433. The van der Waals surface area contributed by atoms with Crippen molar-refractivity contribution in [2.45, 2.75) is 0 Å². The Morgan fingerprint density at radius 1 is 0.609 bits per heavy atom. The van der Waals surface area contributed by atoms with Gasteiger partial charge in [-0.15, -0.1) is 0 Å². The molecule has 0 spiro atoms. The first kappa shape index (κ1) is 31.3. The molecule has 0 radical (unpaired) electrons. The van der Waals surface area contributed by atoms with E-state index in [1.54, 1.807) is 24.3 Å². The van der Waals surface area contributed by atoms with Crippen LogP contribution < -0.4 is 43.5 Å². The number of aromatic nitrogens is 2. The number of ether oxygens (including phenoxy) is 6. The number of amides is 2. The highest BCUT2D eigenvalue weighted by Crippen LogP contribution is 2.40. The molecule has 3 N–H and O–H groups in total. The second kappa shape index (κ2) is 12.8. The van der Waals surface area contributed by atoms with Gasteiger partial charge in [-0.25, -0.2) is 0 Å². The van der Waals surface area contributed by atoms with Crippen molar-refractivity contribution < 1.29 is 47.6 Å². The second-order valence-electron chi connectivity index (χ2n) is 9.72. The summed E-state index contributed by atoms with van der Waals surface area (Å²) in [4.78, 5) is 40.7. The summed E-state index contributed by atoms with van der Waals surface area (Å²) in [5.74, 6) is 0.301. The number of nitrogens with one attached hydrogen (secondary N) is 2. The van der Waals surface area contributed by atoms with E-state index in [0.717, 1.165) is 4.73 Å². The molecule has 4 aromatic carbocycles. The fourth-order valence-electron chi connectivity index (χ4n) is 5.00. The predicted octanol–water partition coefficient (Wildman–Crippen LogP) is 4.50. The van der Waals surface area contributed by atoms with Gasteiger partial charge in [-0.3, -0.25) is 9.59 Å². The third kappa shape index (κ3) is 5.47. The summed E-state index contributed by atoms with van der Waals surface area (Å²) >= 11 is 0. The molecular formula is C32H31N4O10+. The smallest absolute Gasteiger partial charge is 0.292 e. The van der Waals surface area contributed by atoms with E-state index >= 15 is 0 Å². The Bertz CT molecular complexity index is 2010. The van der Waals surface area contributed by atoms with Crippen LogP contribution in [0, 0.1) is 4.91 Å². The van der Waals surface area contributed by atoms with Crippen LogP contribution in [0.4, 0.5) is 11.4 Å². The molecule has 1 heterocycles. The molecule has 0 aliphatic carbocycles. The minimum Gasteiger partial charge on any atom is -0.493 e. The molecule has 14 nitrogen and oxygen atoms in total. The lowest BCUT2D eigenvalue weighted by Crippen LogP contribution is -2.22. The Kier molecular flexibility index (Phi) is 8.71. The number of carbonyl (C=O) groups excluding carboxylic acids is 2. The Morgan fingerprint density at radius 3 is 1.48 bits per heavy atom. The summed E-state index contributed by atoms with van der Waals surface area (Å²) < 4.78 is 33.7. The maximum atomic E-state index is 13.6. The number of methoxy groups -OCH3 is 6. The van der Waals surface area contributed by atoms with Gasteiger partial charge in [-0.2, -0.15) is 4.73 Å². The molecule has 0 saturated heterocycles. The van der Waals surface area contributed by atoms with Crippen molar-refractivity contribution in [1.29, 1.82) is 0 Å². The summed E-state index contributed by atoms with van der Waals surface area (Å²) in [5, 5.41) is 16.6. The van der Waals surface area contributed by atoms with Crippen LogP contribution in [0.25, 0.3) is 22.1 Å². The molecule has 2 amide bonds. The van der Waals surface area contributed by atoms with Crippen LogP contribution in [0.5, 0.6) is 34.5 Å². The number of hydrogen-bond donors (Lipinski definition) is 3. The normalized spacial score (nSPS) is 10.7. The molecular weight excluding hydrogens is 600 g/mol. The summed E-state index contributed by atoms with van der Waals surface area (Å²) in [5.41, 5.74) is 0.826. The van der Waals surface area contributed by atoms with Crippen molar-refractivity contribution in [3.8, 4) is 34.5 Å². The number of para-hydroxylation sites is 2. The molecule has 0 atom stereocenters. The van der Waals surface area contributed by atoms with E-state index in [-0.39, 0.29) is 73.3 Å². The number of fused-ring (bicyclic) bond motifs is 2. The highest BCUT2D eigenvalue weighted by molar-refractivity contribution is 6.12. The molecule has 0 aliphatic rings. The van der Waals surface area contributed by atoms with Crippen molar-refractivity contribution in [3.63, 3.8) is 0 Å². The first-order chi connectivity index (χ1) is 22.2. The number of nitrogens with zero attached hydrogens (tertiary/aromatic N) is 2. The zero-order valence-electron chi connectivity index (χ0n) is 25.8. The molecule has 0 aliphatic heterocycles. The van der Waals surface area contributed by atoms with Gasteiger partial charge in [-0.05, 0) is 36.4 Å². The molecule has 46 heavy (non-hydrogen) atoms. The van der Waals surface area contributed by atoms with Gasteiger partial charge in [0.05, 0.1) is 58.5 Å². The first-order valence-corrected chi connectivity index (χ1v) is 13.7. The summed E-state index contributed by atoms with van der Waals surface area (Å²) in [6.07, 6.45) is 0. The average Bonchev–Trinajstić information content (AvgIpc) is 3.09. The standard InChI is InChI=1S/C32H30N4O10/c1-41-25-11-17(12-26(42-2)29(25)45-5)31(37)33-19-15-23-24(36(40)22-10-8-7-9-21(22)35(23)39)16-20(19)34-32(38)18-13-27(43-3)30(46-6)28(14-18)44-4/h7-16,39H,1-6H3,(H-,33,34,37,38,40)/p+1. The van der Waals surface area contributed by atoms with Crippen molar-refractivity contribution in [3.05, 3.63) is 76.7 Å². The van der Waals surface area contributed by atoms with Crippen LogP contribution in [-0.4, -0.2) is 64.4 Å². The van der Waals surface area contributed by atoms with E-state index in [9.17, 15) is 19.7 Å². The maximum Gasteiger partial charge on any atom is 0.292 e. The molecule has 5 rings (SSSR count). The highest BCUT2D eigenvalue weighted by atomic mass is 16.5. The van der Waals surface area contributed by atoms with E-state index in [1.807, 2.05) is 0 Å². The van der Waals surface area contributed by atoms with Gasteiger partial charge in [0.2, 0.25) is 11.5 Å². The number of rotatable bonds is 10. The fraction of sp³-hybridized carbons (Fsp3) is 0.188. The van der Waals surface area contributed by atoms with E-state index in [0.29, 0.717) is 10.2 Å². The van der Waals surface area contributed by atoms with Crippen LogP contribution in [0.2, 0.25) is 0 Å². The molecule has 14 heteroatoms. The zero-order valence-corrected chi connectivity index (χ0v) is 25.8. The van der Waals surface area contributed by atoms with E-state index in [2.05, 4.69) is 10.6 Å². The second-order valence-corrected chi connectivity index (χ2v) is 9.72. The van der Waals surface area contributed by atoms with Crippen LogP contribution in [0.3, 0.4) is 0 Å². The lowest BCUT2D eigenvalue weighted by atomic mass is 10.1. The van der Waals surface area contributed by atoms with Gasteiger partial charge in [-0.1, -0.05) is 12.1 Å². The molecule has 0 fully saturated rings. The van der Waals surface area contributed by atoms with E-state index in [4.69, 9.17) is 28.4 Å². The van der Waals surface area contributed by atoms with Crippen LogP contribution >= 0.6 is 0 Å². The van der Waals surface area contributed by atoms with Crippen LogP contribution in [-0.2, 0) is 0 Å². The van der Waals surface area contributed by atoms with Crippen molar-refractivity contribution in [2.24, 2.45) is 0 Å². The molecule has 5 aromatic rings. The largest absolute Gasteiger partial charge is 0.493 e. The number of benzene rings is 4. The van der Waals surface area contributed by atoms with Crippen LogP contribution in [0.1, 0.15) is 20.7 Å². The van der Waals surface area contributed by atoms with Gasteiger partial charge in [0.25, 0.3) is 22.8 Å². The average molecular weight is 632 g/mol. The van der Waals surface area contributed by atoms with Crippen molar-refractivity contribution >= 4 is 45.3 Å². The maximum absolute atomic E-state index is 13.6. The number of anilines is 2. The SMILES string of the molecule is COc1cc(C(=O)Nc2cc3c(cc2NC(=O)c2cc(OC)c(OC)c(OC)c2)[n+](=O)c2ccccc2n3O)cc(OC)c1OC. The highest BCUT2D eigenvalue weighted by Gasteiger charge is 2.25. The number of carbonyl (C=O) groups is 2. The van der Waals surface area contributed by atoms with Crippen molar-refractivity contribution in [1.82, 2.24) is 4.73 Å². The molecule has 238 valence electrons. The zero-order chi connectivity index (χ0) is 33.1. The first-order valence-electron chi connectivity index (χ1n) is 13.7. The molecule has 1 aromatic heterocycles. The third-order valence-corrected chi connectivity index (χ3v) is 7.24. The van der Waals surface area contributed by atoms with Crippen LogP contribution in [0.15, 0.2) is 60.7 Å². The summed E-state index contributed by atoms with van der Waals surface area (Å²) in [6, 6.07) is 15.0. The summed E-state index contributed by atoms with van der Waals surface area (Å²) in [6.45, 7) is 0. The van der Waals surface area contributed by atoms with Gasteiger partial charge in [0.1, 0.15) is 0 Å². The van der Waals surface area contributed by atoms with E-state index < -0.39 is 11.8 Å².